The minimum atomic E-state index is -2.96. The van der Waals surface area contributed by atoms with Gasteiger partial charge in [0.05, 0.1) is 11.5 Å². The SMILES string of the molecule is CN(C(=O)C[NH+]1CC[NH+](Cc2cccc3ccccc23)CC1)[C@H]1CCS(=O)(=O)C1. The van der Waals surface area contributed by atoms with E-state index in [-0.39, 0.29) is 23.5 Å². The molecule has 6 nitrogen and oxygen atoms in total. The number of hydrogen-bond donors (Lipinski definition) is 2. The van der Waals surface area contributed by atoms with Crippen LogP contribution in [0.3, 0.4) is 0 Å². The van der Waals surface area contributed by atoms with E-state index in [1.54, 1.807) is 16.8 Å². The quantitative estimate of drug-likeness (QED) is 0.640. The van der Waals surface area contributed by atoms with Gasteiger partial charge >= 0.3 is 0 Å². The average molecular weight is 418 g/mol. The third kappa shape index (κ3) is 4.79. The number of amides is 1. The van der Waals surface area contributed by atoms with Gasteiger partial charge < -0.3 is 14.7 Å². The number of quaternary nitrogens is 2. The summed E-state index contributed by atoms with van der Waals surface area (Å²) in [5, 5.41) is 2.62. The fourth-order valence-corrected chi connectivity index (χ4v) is 6.42. The molecule has 7 heteroatoms. The normalized spacial score (nSPS) is 26.4. The largest absolute Gasteiger partial charge is 0.337 e. The number of rotatable bonds is 5. The van der Waals surface area contributed by atoms with Gasteiger partial charge in [0.15, 0.2) is 16.4 Å². The zero-order valence-electron chi connectivity index (χ0n) is 17.1. The molecule has 156 valence electrons. The summed E-state index contributed by atoms with van der Waals surface area (Å²) in [5.74, 6) is 0.394. The Bertz CT molecular complexity index is 978. The highest BCUT2D eigenvalue weighted by molar-refractivity contribution is 7.91. The van der Waals surface area contributed by atoms with E-state index < -0.39 is 9.84 Å². The number of nitrogens with one attached hydrogen (secondary N) is 2. The number of carbonyl (C=O) groups is 1. The van der Waals surface area contributed by atoms with Gasteiger partial charge in [-0.3, -0.25) is 4.79 Å². The van der Waals surface area contributed by atoms with E-state index >= 15 is 0 Å². The van der Waals surface area contributed by atoms with Crippen molar-refractivity contribution in [3.05, 3.63) is 48.0 Å². The van der Waals surface area contributed by atoms with Crippen molar-refractivity contribution in [3.63, 3.8) is 0 Å². The fourth-order valence-electron chi connectivity index (χ4n) is 4.65. The van der Waals surface area contributed by atoms with Gasteiger partial charge in [-0.05, 0) is 17.2 Å². The van der Waals surface area contributed by atoms with E-state index in [1.807, 2.05) is 0 Å². The Morgan fingerprint density at radius 2 is 1.72 bits per heavy atom. The van der Waals surface area contributed by atoms with Crippen LogP contribution in [-0.2, 0) is 21.2 Å². The van der Waals surface area contributed by atoms with Crippen molar-refractivity contribution in [2.45, 2.75) is 19.0 Å². The van der Waals surface area contributed by atoms with Crippen molar-refractivity contribution in [2.75, 3.05) is 51.3 Å². The van der Waals surface area contributed by atoms with Crippen molar-refractivity contribution >= 4 is 26.5 Å². The summed E-state index contributed by atoms with van der Waals surface area (Å²) in [4.78, 5) is 17.2. The molecule has 0 aromatic heterocycles. The van der Waals surface area contributed by atoms with E-state index in [0.717, 1.165) is 32.7 Å². The molecule has 2 aromatic carbocycles. The first-order valence-corrected chi connectivity index (χ1v) is 12.3. The monoisotopic (exact) mass is 417 g/mol. The average Bonchev–Trinajstić information content (AvgIpc) is 3.09. The van der Waals surface area contributed by atoms with Crippen molar-refractivity contribution in [1.82, 2.24) is 4.90 Å². The van der Waals surface area contributed by atoms with Crippen LogP contribution in [0, 0.1) is 0 Å². The van der Waals surface area contributed by atoms with Crippen LogP contribution in [0.25, 0.3) is 10.8 Å². The Morgan fingerprint density at radius 3 is 2.45 bits per heavy atom. The van der Waals surface area contributed by atoms with Crippen LogP contribution in [0.4, 0.5) is 0 Å². The number of benzene rings is 2. The molecule has 1 amide bonds. The molecule has 0 aliphatic carbocycles. The molecule has 29 heavy (non-hydrogen) atoms. The highest BCUT2D eigenvalue weighted by Gasteiger charge is 2.34. The molecule has 2 aromatic rings. The number of hydrogen-bond acceptors (Lipinski definition) is 3. The topological polar surface area (TPSA) is 63.3 Å². The summed E-state index contributed by atoms with van der Waals surface area (Å²) in [6.45, 7) is 5.53. The van der Waals surface area contributed by atoms with Crippen LogP contribution < -0.4 is 9.80 Å². The first kappa shape index (κ1) is 20.3. The maximum Gasteiger partial charge on any atom is 0.277 e. The molecule has 2 aliphatic heterocycles. The second-order valence-electron chi connectivity index (χ2n) is 8.55. The summed E-state index contributed by atoms with van der Waals surface area (Å²) in [5.41, 5.74) is 1.39. The highest BCUT2D eigenvalue weighted by atomic mass is 32.2. The van der Waals surface area contributed by atoms with Crippen molar-refractivity contribution in [3.8, 4) is 0 Å². The highest BCUT2D eigenvalue weighted by Crippen LogP contribution is 2.18. The molecule has 0 unspecified atom stereocenters. The number of piperazine rings is 1. The van der Waals surface area contributed by atoms with E-state index in [1.165, 1.54) is 21.2 Å². The van der Waals surface area contributed by atoms with Gasteiger partial charge in [-0.2, -0.15) is 0 Å². The van der Waals surface area contributed by atoms with Crippen LogP contribution in [0.5, 0.6) is 0 Å². The van der Waals surface area contributed by atoms with Gasteiger partial charge in [0.25, 0.3) is 5.91 Å². The molecule has 2 heterocycles. The zero-order valence-corrected chi connectivity index (χ0v) is 17.9. The van der Waals surface area contributed by atoms with Gasteiger partial charge in [-0.15, -0.1) is 0 Å². The molecule has 2 N–H and O–H groups in total. The molecular weight excluding hydrogens is 386 g/mol. The molecule has 2 saturated heterocycles. The van der Waals surface area contributed by atoms with E-state index in [9.17, 15) is 13.2 Å². The van der Waals surface area contributed by atoms with Gasteiger partial charge in [-0.1, -0.05) is 42.5 Å². The lowest BCUT2D eigenvalue weighted by Gasteiger charge is -2.31. The molecule has 0 spiro atoms. The number of fused-ring (bicyclic) bond motifs is 1. The Kier molecular flexibility index (Phi) is 5.90. The van der Waals surface area contributed by atoms with E-state index in [4.69, 9.17) is 0 Å². The number of sulfone groups is 1. The first-order valence-electron chi connectivity index (χ1n) is 10.5. The standard InChI is InChI=1S/C22H29N3O3S/c1-23(20-9-14-29(27,28)17-20)22(26)16-25-12-10-24(11-13-25)15-19-7-4-6-18-5-2-3-8-21(18)19/h2-8,20H,9-17H2,1H3/p+2/t20-/m0/s1. The van der Waals surface area contributed by atoms with Gasteiger partial charge in [0, 0.05) is 18.7 Å². The maximum atomic E-state index is 12.6. The Labute approximate surface area is 173 Å². The van der Waals surface area contributed by atoms with Crippen LogP contribution >= 0.6 is 0 Å². The molecular formula is C22H31N3O3S+2. The third-order valence-corrected chi connectivity index (χ3v) is 8.29. The lowest BCUT2D eigenvalue weighted by molar-refractivity contribution is -1.02. The second-order valence-corrected chi connectivity index (χ2v) is 10.8. The van der Waals surface area contributed by atoms with Crippen molar-refractivity contribution in [2.24, 2.45) is 0 Å². The van der Waals surface area contributed by atoms with Crippen LogP contribution in [0.15, 0.2) is 42.5 Å². The van der Waals surface area contributed by atoms with Crippen LogP contribution in [-0.4, -0.2) is 76.5 Å². The lowest BCUT2D eigenvalue weighted by Crippen LogP contribution is -3.28. The summed E-state index contributed by atoms with van der Waals surface area (Å²) < 4.78 is 23.4. The van der Waals surface area contributed by atoms with Gasteiger partial charge in [0.2, 0.25) is 0 Å². The number of carbonyl (C=O) groups excluding carboxylic acids is 1. The Morgan fingerprint density at radius 1 is 1.03 bits per heavy atom. The molecule has 0 radical (unpaired) electrons. The van der Waals surface area contributed by atoms with E-state index in [0.29, 0.717) is 13.0 Å². The second kappa shape index (κ2) is 8.42. The summed E-state index contributed by atoms with van der Waals surface area (Å²) in [6.07, 6.45) is 0.572. The van der Waals surface area contributed by atoms with E-state index in [2.05, 4.69) is 42.5 Å². The van der Waals surface area contributed by atoms with Crippen molar-refractivity contribution < 1.29 is 23.0 Å². The molecule has 0 saturated carbocycles. The predicted molar refractivity (Wildman–Crippen MR) is 114 cm³/mol. The maximum absolute atomic E-state index is 12.6. The predicted octanol–water partition coefficient (Wildman–Crippen LogP) is -1.23. The van der Waals surface area contributed by atoms with Crippen LogP contribution in [0.1, 0.15) is 12.0 Å². The summed E-state index contributed by atoms with van der Waals surface area (Å²) in [7, 11) is -1.20. The third-order valence-electron chi connectivity index (χ3n) is 6.54. The van der Waals surface area contributed by atoms with Gasteiger partial charge in [-0.25, -0.2) is 8.42 Å². The molecule has 2 fully saturated rings. The Hall–Kier alpha value is -1.96. The smallest absolute Gasteiger partial charge is 0.277 e. The number of likely N-dealkylation sites (N-methyl/N-ethyl adjacent to an activating group) is 1. The van der Waals surface area contributed by atoms with Gasteiger partial charge in [0.1, 0.15) is 32.7 Å². The minimum Gasteiger partial charge on any atom is -0.337 e. The number of nitrogens with zero attached hydrogens (tertiary/aromatic N) is 1. The van der Waals surface area contributed by atoms with Crippen LogP contribution in [0.2, 0.25) is 0 Å². The molecule has 1 atom stereocenters. The summed E-state index contributed by atoms with van der Waals surface area (Å²) in [6, 6.07) is 14.9. The minimum absolute atomic E-state index is 0.0691. The Balaban J connectivity index is 1.29. The summed E-state index contributed by atoms with van der Waals surface area (Å²) >= 11 is 0. The fraction of sp³-hybridized carbons (Fsp3) is 0.500. The molecule has 0 bridgehead atoms. The lowest BCUT2D eigenvalue weighted by atomic mass is 10.0. The molecule has 4 rings (SSSR count). The first-order chi connectivity index (χ1) is 13.9. The van der Waals surface area contributed by atoms with Crippen molar-refractivity contribution in [1.29, 1.82) is 0 Å². The zero-order chi connectivity index (χ0) is 20.4. The molecule has 2 aliphatic rings.